The zero-order valence-electron chi connectivity index (χ0n) is 9.95. The van der Waals surface area contributed by atoms with Crippen LogP contribution in [0.15, 0.2) is 46.9 Å². The van der Waals surface area contributed by atoms with E-state index in [4.69, 9.17) is 10.5 Å². The summed E-state index contributed by atoms with van der Waals surface area (Å²) in [6, 6.07) is 10.4. The number of hydrogen-bond donors (Lipinski definition) is 1. The summed E-state index contributed by atoms with van der Waals surface area (Å²) >= 11 is 3.16. The highest BCUT2D eigenvalue weighted by Crippen LogP contribution is 2.26. The SMILES string of the molecule is NCC(Oc1ccc(Br)cc1F)c1cccc(F)c1. The summed E-state index contributed by atoms with van der Waals surface area (Å²) in [7, 11) is 0. The second-order valence-electron chi connectivity index (χ2n) is 3.97. The lowest BCUT2D eigenvalue weighted by molar-refractivity contribution is 0.204. The largest absolute Gasteiger partial charge is 0.481 e. The first kappa shape index (κ1) is 14.0. The molecule has 0 heterocycles. The van der Waals surface area contributed by atoms with E-state index in [1.54, 1.807) is 18.2 Å². The highest BCUT2D eigenvalue weighted by molar-refractivity contribution is 9.10. The van der Waals surface area contributed by atoms with Crippen molar-refractivity contribution < 1.29 is 13.5 Å². The molecule has 0 saturated heterocycles. The fraction of sp³-hybridized carbons (Fsp3) is 0.143. The molecule has 0 spiro atoms. The number of rotatable bonds is 4. The maximum atomic E-state index is 13.7. The van der Waals surface area contributed by atoms with Gasteiger partial charge in [0.25, 0.3) is 0 Å². The van der Waals surface area contributed by atoms with Gasteiger partial charge in [0.15, 0.2) is 11.6 Å². The van der Waals surface area contributed by atoms with E-state index in [1.165, 1.54) is 24.3 Å². The Labute approximate surface area is 118 Å². The van der Waals surface area contributed by atoms with Gasteiger partial charge in [0.1, 0.15) is 11.9 Å². The summed E-state index contributed by atoms with van der Waals surface area (Å²) in [5.41, 5.74) is 6.18. The number of benzene rings is 2. The molecule has 1 unspecified atom stereocenters. The van der Waals surface area contributed by atoms with Crippen molar-refractivity contribution in [3.63, 3.8) is 0 Å². The van der Waals surface area contributed by atoms with E-state index in [0.717, 1.165) is 0 Å². The fourth-order valence-electron chi connectivity index (χ4n) is 1.68. The predicted octanol–water partition coefficient (Wildman–Crippen LogP) is 3.81. The monoisotopic (exact) mass is 327 g/mol. The Kier molecular flexibility index (Phi) is 4.50. The molecule has 100 valence electrons. The second-order valence-corrected chi connectivity index (χ2v) is 4.89. The van der Waals surface area contributed by atoms with Crippen LogP contribution >= 0.6 is 15.9 Å². The Bertz CT molecular complexity index is 577. The fourth-order valence-corrected chi connectivity index (χ4v) is 2.02. The molecule has 19 heavy (non-hydrogen) atoms. The number of ether oxygens (including phenoxy) is 1. The summed E-state index contributed by atoms with van der Waals surface area (Å²) in [5.74, 6) is -0.789. The van der Waals surface area contributed by atoms with Gasteiger partial charge >= 0.3 is 0 Å². The molecule has 5 heteroatoms. The van der Waals surface area contributed by atoms with E-state index < -0.39 is 11.9 Å². The number of nitrogens with two attached hydrogens (primary N) is 1. The van der Waals surface area contributed by atoms with Gasteiger partial charge in [-0.2, -0.15) is 0 Å². The quantitative estimate of drug-likeness (QED) is 0.926. The van der Waals surface area contributed by atoms with Crippen LogP contribution in [0, 0.1) is 11.6 Å². The van der Waals surface area contributed by atoms with Gasteiger partial charge < -0.3 is 10.5 Å². The van der Waals surface area contributed by atoms with Crippen molar-refractivity contribution >= 4 is 15.9 Å². The lowest BCUT2D eigenvalue weighted by Crippen LogP contribution is -2.19. The number of hydrogen-bond acceptors (Lipinski definition) is 2. The lowest BCUT2D eigenvalue weighted by atomic mass is 10.1. The van der Waals surface area contributed by atoms with Crippen molar-refractivity contribution in [1.29, 1.82) is 0 Å². The molecule has 0 bridgehead atoms. The molecule has 0 fully saturated rings. The van der Waals surface area contributed by atoms with Crippen LogP contribution in [0.5, 0.6) is 5.75 Å². The smallest absolute Gasteiger partial charge is 0.166 e. The Hall–Kier alpha value is -1.46. The van der Waals surface area contributed by atoms with E-state index >= 15 is 0 Å². The third-order valence-electron chi connectivity index (χ3n) is 2.60. The van der Waals surface area contributed by atoms with E-state index in [9.17, 15) is 8.78 Å². The van der Waals surface area contributed by atoms with Crippen LogP contribution in [0.25, 0.3) is 0 Å². The molecule has 2 nitrogen and oxygen atoms in total. The van der Waals surface area contributed by atoms with Crippen LogP contribution < -0.4 is 10.5 Å². The van der Waals surface area contributed by atoms with E-state index in [1.807, 2.05) is 0 Å². The van der Waals surface area contributed by atoms with Gasteiger partial charge in [-0.1, -0.05) is 28.1 Å². The topological polar surface area (TPSA) is 35.2 Å². The average Bonchev–Trinajstić information content (AvgIpc) is 2.38. The Morgan fingerprint density at radius 1 is 1.16 bits per heavy atom. The molecule has 2 N–H and O–H groups in total. The molecule has 0 aliphatic rings. The van der Waals surface area contributed by atoms with Crippen LogP contribution in [0.3, 0.4) is 0 Å². The maximum absolute atomic E-state index is 13.7. The van der Waals surface area contributed by atoms with Crippen LogP contribution in [-0.2, 0) is 0 Å². The van der Waals surface area contributed by atoms with E-state index in [0.29, 0.717) is 10.0 Å². The van der Waals surface area contributed by atoms with Crippen molar-refractivity contribution in [1.82, 2.24) is 0 Å². The number of halogens is 3. The minimum absolute atomic E-state index is 0.0860. The molecule has 0 saturated carbocycles. The summed E-state index contributed by atoms with van der Waals surface area (Å²) in [5, 5.41) is 0. The van der Waals surface area contributed by atoms with Crippen molar-refractivity contribution in [2.24, 2.45) is 5.73 Å². The summed E-state index contributed by atoms with van der Waals surface area (Å²) in [6.07, 6.45) is -0.591. The van der Waals surface area contributed by atoms with Crippen molar-refractivity contribution in [3.05, 3.63) is 64.1 Å². The lowest BCUT2D eigenvalue weighted by Gasteiger charge is -2.18. The molecule has 0 amide bonds. The average molecular weight is 328 g/mol. The molecular formula is C14H12BrF2NO. The Morgan fingerprint density at radius 3 is 2.58 bits per heavy atom. The van der Waals surface area contributed by atoms with Crippen molar-refractivity contribution in [2.45, 2.75) is 6.10 Å². The van der Waals surface area contributed by atoms with E-state index in [-0.39, 0.29) is 18.1 Å². The first-order valence-corrected chi connectivity index (χ1v) is 6.46. The van der Waals surface area contributed by atoms with Gasteiger partial charge in [-0.3, -0.25) is 0 Å². The second kappa shape index (κ2) is 6.12. The minimum Gasteiger partial charge on any atom is -0.481 e. The highest BCUT2D eigenvalue weighted by atomic mass is 79.9. The van der Waals surface area contributed by atoms with Gasteiger partial charge in [0.05, 0.1) is 0 Å². The first-order chi connectivity index (χ1) is 9.10. The first-order valence-electron chi connectivity index (χ1n) is 5.67. The molecule has 2 aromatic carbocycles. The summed E-state index contributed by atoms with van der Waals surface area (Å²) in [6.45, 7) is 0.124. The van der Waals surface area contributed by atoms with Crippen LogP contribution in [0.4, 0.5) is 8.78 Å². The van der Waals surface area contributed by atoms with Crippen LogP contribution in [-0.4, -0.2) is 6.54 Å². The minimum atomic E-state index is -0.591. The van der Waals surface area contributed by atoms with Crippen LogP contribution in [0.1, 0.15) is 11.7 Å². The normalized spacial score (nSPS) is 12.2. The van der Waals surface area contributed by atoms with Gasteiger partial charge in [-0.05, 0) is 35.9 Å². The van der Waals surface area contributed by atoms with Gasteiger partial charge in [0.2, 0.25) is 0 Å². The highest BCUT2D eigenvalue weighted by Gasteiger charge is 2.14. The van der Waals surface area contributed by atoms with Gasteiger partial charge in [-0.15, -0.1) is 0 Å². The predicted molar refractivity (Wildman–Crippen MR) is 72.9 cm³/mol. The molecule has 2 aromatic rings. The van der Waals surface area contributed by atoms with Gasteiger partial charge in [0, 0.05) is 11.0 Å². The third-order valence-corrected chi connectivity index (χ3v) is 3.09. The molecule has 1 atom stereocenters. The zero-order valence-corrected chi connectivity index (χ0v) is 11.5. The Morgan fingerprint density at radius 2 is 1.95 bits per heavy atom. The van der Waals surface area contributed by atoms with Crippen molar-refractivity contribution in [2.75, 3.05) is 6.54 Å². The van der Waals surface area contributed by atoms with Crippen molar-refractivity contribution in [3.8, 4) is 5.75 Å². The standard InChI is InChI=1S/C14H12BrF2NO/c15-10-4-5-13(12(17)7-10)19-14(8-18)9-2-1-3-11(16)6-9/h1-7,14H,8,18H2. The molecule has 0 aliphatic heterocycles. The third kappa shape index (κ3) is 3.52. The molecule has 0 aliphatic carbocycles. The maximum Gasteiger partial charge on any atom is 0.166 e. The van der Waals surface area contributed by atoms with Gasteiger partial charge in [-0.25, -0.2) is 8.78 Å². The molecule has 0 radical (unpaired) electrons. The van der Waals surface area contributed by atoms with Crippen LogP contribution in [0.2, 0.25) is 0 Å². The summed E-state index contributed by atoms with van der Waals surface area (Å²) in [4.78, 5) is 0. The Balaban J connectivity index is 2.24. The molecule has 0 aromatic heterocycles. The molecular weight excluding hydrogens is 316 g/mol. The molecule has 2 rings (SSSR count). The summed E-state index contributed by atoms with van der Waals surface area (Å²) < 4.78 is 33.0. The van der Waals surface area contributed by atoms with E-state index in [2.05, 4.69) is 15.9 Å². The zero-order chi connectivity index (χ0) is 13.8.